The maximum atomic E-state index is 12.8. The summed E-state index contributed by atoms with van der Waals surface area (Å²) < 4.78 is 16.7. The summed E-state index contributed by atoms with van der Waals surface area (Å²) in [4.78, 5) is 51.7. The Morgan fingerprint density at radius 2 is 1.69 bits per heavy atom. The Morgan fingerprint density at radius 3 is 2.34 bits per heavy atom. The molecule has 1 aromatic heterocycles. The molecule has 0 saturated carbocycles. The van der Waals surface area contributed by atoms with E-state index in [0.717, 1.165) is 4.90 Å². The third-order valence-corrected chi connectivity index (χ3v) is 6.29. The molecule has 35 heavy (non-hydrogen) atoms. The summed E-state index contributed by atoms with van der Waals surface area (Å²) in [5, 5.41) is 0.429. The van der Waals surface area contributed by atoms with Crippen molar-refractivity contribution in [3.8, 4) is 17.1 Å². The summed E-state index contributed by atoms with van der Waals surface area (Å²) in [6.45, 7) is 1.43. The number of furan rings is 1. The second kappa shape index (κ2) is 9.21. The molecule has 5 rings (SSSR count). The Hall–Kier alpha value is -4.20. The fourth-order valence-electron chi connectivity index (χ4n) is 4.66. The van der Waals surface area contributed by atoms with Crippen LogP contribution in [0.3, 0.4) is 0 Å². The average molecular weight is 473 g/mol. The minimum Gasteiger partial charge on any atom is -0.462 e. The number of allylic oxidation sites excluding steroid dienone is 2. The first-order valence-corrected chi connectivity index (χ1v) is 11.5. The number of hydrogen-bond donors (Lipinski definition) is 0. The van der Waals surface area contributed by atoms with Gasteiger partial charge in [-0.2, -0.15) is 0 Å². The molecule has 2 amide bonds. The van der Waals surface area contributed by atoms with Crippen LogP contribution in [0.1, 0.15) is 30.1 Å². The lowest BCUT2D eigenvalue weighted by molar-refractivity contribution is -0.148. The lowest BCUT2D eigenvalue weighted by atomic mass is 9.85. The van der Waals surface area contributed by atoms with E-state index >= 15 is 0 Å². The molecule has 2 atom stereocenters. The van der Waals surface area contributed by atoms with Crippen LogP contribution in [0.25, 0.3) is 22.3 Å². The van der Waals surface area contributed by atoms with E-state index in [1.165, 1.54) is 12.1 Å². The second-order valence-electron chi connectivity index (χ2n) is 8.44. The van der Waals surface area contributed by atoms with E-state index in [4.69, 9.17) is 13.9 Å². The third kappa shape index (κ3) is 4.12. The van der Waals surface area contributed by atoms with Crippen molar-refractivity contribution in [2.45, 2.75) is 19.8 Å². The van der Waals surface area contributed by atoms with Crippen molar-refractivity contribution in [1.29, 1.82) is 0 Å². The van der Waals surface area contributed by atoms with Gasteiger partial charge in [-0.25, -0.2) is 9.59 Å². The largest absolute Gasteiger partial charge is 0.462 e. The van der Waals surface area contributed by atoms with Crippen LogP contribution in [0.5, 0.6) is 5.75 Å². The Bertz CT molecular complexity index is 1330. The molecule has 0 N–H and O–H groups in total. The van der Waals surface area contributed by atoms with Gasteiger partial charge in [-0.15, -0.1) is 0 Å². The van der Waals surface area contributed by atoms with Crippen molar-refractivity contribution < 1.29 is 33.1 Å². The highest BCUT2D eigenvalue weighted by atomic mass is 16.5. The number of amides is 2. The van der Waals surface area contributed by atoms with Crippen LogP contribution in [0.2, 0.25) is 0 Å². The maximum absolute atomic E-state index is 12.8. The highest BCUT2D eigenvalue weighted by Crippen LogP contribution is 2.37. The number of fused-ring (bicyclic) bond motifs is 2. The molecule has 3 aromatic rings. The molecule has 1 aliphatic carbocycles. The number of esters is 2. The number of carbonyl (C=O) groups is 4. The summed E-state index contributed by atoms with van der Waals surface area (Å²) in [6.07, 6.45) is 4.77. The normalized spacial score (nSPS) is 19.2. The zero-order valence-electron chi connectivity index (χ0n) is 19.1. The van der Waals surface area contributed by atoms with Crippen molar-refractivity contribution in [2.24, 2.45) is 11.8 Å². The first-order valence-electron chi connectivity index (χ1n) is 11.5. The monoisotopic (exact) mass is 473 g/mol. The molecule has 8 nitrogen and oxygen atoms in total. The fourth-order valence-corrected chi connectivity index (χ4v) is 4.66. The van der Waals surface area contributed by atoms with E-state index in [0.29, 0.717) is 35.1 Å². The first kappa shape index (κ1) is 22.6. The van der Waals surface area contributed by atoms with E-state index in [-0.39, 0.29) is 29.7 Å². The number of nitrogens with zero attached hydrogens (tertiary/aromatic N) is 1. The highest BCUT2D eigenvalue weighted by molar-refractivity contribution is 6.09. The quantitative estimate of drug-likeness (QED) is 0.229. The molecule has 1 aliphatic heterocycles. The van der Waals surface area contributed by atoms with Gasteiger partial charge in [-0.1, -0.05) is 42.5 Å². The summed E-state index contributed by atoms with van der Waals surface area (Å²) in [5.74, 6) is -2.30. The van der Waals surface area contributed by atoms with Gasteiger partial charge >= 0.3 is 11.9 Å². The van der Waals surface area contributed by atoms with Crippen LogP contribution in [-0.4, -0.2) is 41.8 Å². The molecule has 0 radical (unpaired) electrons. The van der Waals surface area contributed by atoms with E-state index in [1.54, 1.807) is 13.0 Å². The topological polar surface area (TPSA) is 103 Å². The molecule has 2 aromatic carbocycles. The van der Waals surface area contributed by atoms with Crippen LogP contribution >= 0.6 is 0 Å². The van der Waals surface area contributed by atoms with Gasteiger partial charge in [0.1, 0.15) is 29.2 Å². The van der Waals surface area contributed by atoms with E-state index < -0.39 is 30.3 Å². The van der Waals surface area contributed by atoms with Gasteiger partial charge in [-0.05, 0) is 38.0 Å². The molecule has 178 valence electrons. The van der Waals surface area contributed by atoms with Gasteiger partial charge < -0.3 is 13.9 Å². The summed E-state index contributed by atoms with van der Waals surface area (Å²) in [6, 6.07) is 13.8. The van der Waals surface area contributed by atoms with Gasteiger partial charge in [0, 0.05) is 10.9 Å². The average Bonchev–Trinajstić information content (AvgIpc) is 3.36. The summed E-state index contributed by atoms with van der Waals surface area (Å²) in [7, 11) is 0. The molecular weight excluding hydrogens is 450 g/mol. The van der Waals surface area contributed by atoms with Crippen molar-refractivity contribution >= 4 is 34.7 Å². The Kier molecular flexibility index (Phi) is 5.94. The lowest BCUT2D eigenvalue weighted by Gasteiger charge is -2.14. The van der Waals surface area contributed by atoms with Gasteiger partial charge in [0.25, 0.3) is 0 Å². The molecule has 1 fully saturated rings. The number of benzene rings is 2. The number of carbonyl (C=O) groups excluding carboxylic acids is 4. The Labute approximate surface area is 201 Å². The van der Waals surface area contributed by atoms with Crippen molar-refractivity contribution in [2.75, 3.05) is 13.2 Å². The Balaban J connectivity index is 1.41. The molecule has 2 unspecified atom stereocenters. The SMILES string of the molecule is CCOC(=O)c1c(-c2ccccc2)oc2ccc(OC(=O)CN3C(=O)C4CC=CCC4C3=O)cc12. The summed E-state index contributed by atoms with van der Waals surface area (Å²) in [5.41, 5.74) is 1.35. The number of rotatable bonds is 6. The van der Waals surface area contributed by atoms with Crippen LogP contribution < -0.4 is 4.74 Å². The van der Waals surface area contributed by atoms with Crippen LogP contribution in [0.15, 0.2) is 65.1 Å². The van der Waals surface area contributed by atoms with Crippen molar-refractivity contribution in [3.05, 3.63) is 66.2 Å². The minimum atomic E-state index is -0.748. The zero-order valence-corrected chi connectivity index (χ0v) is 19.1. The third-order valence-electron chi connectivity index (χ3n) is 6.29. The van der Waals surface area contributed by atoms with Crippen LogP contribution in [-0.2, 0) is 19.1 Å². The van der Waals surface area contributed by atoms with E-state index in [1.807, 2.05) is 42.5 Å². The minimum absolute atomic E-state index is 0.159. The molecule has 8 heteroatoms. The van der Waals surface area contributed by atoms with Crippen molar-refractivity contribution in [1.82, 2.24) is 4.90 Å². The van der Waals surface area contributed by atoms with Gasteiger partial charge in [0.2, 0.25) is 11.8 Å². The van der Waals surface area contributed by atoms with Crippen LogP contribution in [0, 0.1) is 11.8 Å². The standard InChI is InChI=1S/C27H23NO7/c1-2-33-27(32)23-20-14-17(12-13-21(20)35-24(23)16-8-4-3-5-9-16)34-22(29)15-28-25(30)18-10-6-7-11-19(18)26(28)31/h3-9,12-14,18-19H,2,10-11,15H2,1H3. The molecule has 0 spiro atoms. The number of hydrogen-bond acceptors (Lipinski definition) is 7. The Morgan fingerprint density at radius 1 is 1.00 bits per heavy atom. The molecule has 0 bridgehead atoms. The molecule has 2 aliphatic rings. The van der Waals surface area contributed by atoms with Gasteiger partial charge in [0.05, 0.1) is 18.4 Å². The fraction of sp³-hybridized carbons (Fsp3) is 0.259. The molecular formula is C27H23NO7. The summed E-state index contributed by atoms with van der Waals surface area (Å²) >= 11 is 0. The van der Waals surface area contributed by atoms with Gasteiger partial charge in [-0.3, -0.25) is 14.5 Å². The highest BCUT2D eigenvalue weighted by Gasteiger charge is 2.47. The van der Waals surface area contributed by atoms with Crippen molar-refractivity contribution in [3.63, 3.8) is 0 Å². The van der Waals surface area contributed by atoms with Crippen LogP contribution in [0.4, 0.5) is 0 Å². The van der Waals surface area contributed by atoms with E-state index in [9.17, 15) is 19.2 Å². The predicted octanol–water partition coefficient (Wildman–Crippen LogP) is 4.13. The lowest BCUT2D eigenvalue weighted by Crippen LogP contribution is -2.37. The maximum Gasteiger partial charge on any atom is 0.342 e. The van der Waals surface area contributed by atoms with E-state index in [2.05, 4.69) is 0 Å². The molecule has 2 heterocycles. The van der Waals surface area contributed by atoms with Gasteiger partial charge in [0.15, 0.2) is 0 Å². The zero-order chi connectivity index (χ0) is 24.5. The molecule has 1 saturated heterocycles. The first-order chi connectivity index (χ1) is 17.0. The number of ether oxygens (including phenoxy) is 2. The number of imide groups is 1. The predicted molar refractivity (Wildman–Crippen MR) is 125 cm³/mol. The number of likely N-dealkylation sites (tertiary alicyclic amines) is 1. The smallest absolute Gasteiger partial charge is 0.342 e. The second-order valence-corrected chi connectivity index (χ2v) is 8.44.